The lowest BCUT2D eigenvalue weighted by atomic mass is 10.1. The highest BCUT2D eigenvalue weighted by Crippen LogP contribution is 2.36. The van der Waals surface area contributed by atoms with Crippen LogP contribution in [-0.4, -0.2) is 40.2 Å². The normalized spacial score (nSPS) is 19.6. The fourth-order valence-corrected chi connectivity index (χ4v) is 3.51. The van der Waals surface area contributed by atoms with Gasteiger partial charge < -0.3 is 9.64 Å². The molecule has 1 fully saturated rings. The van der Waals surface area contributed by atoms with E-state index in [2.05, 4.69) is 0 Å². The second kappa shape index (κ2) is 6.64. The number of likely N-dealkylation sites (N-methyl/N-ethyl adjacent to an activating group) is 1. The van der Waals surface area contributed by atoms with Crippen LogP contribution in [0, 0.1) is 5.82 Å². The van der Waals surface area contributed by atoms with Crippen LogP contribution in [0.15, 0.2) is 23.1 Å². The van der Waals surface area contributed by atoms with E-state index < -0.39 is 26.1 Å². The molecule has 0 spiro atoms. The van der Waals surface area contributed by atoms with Gasteiger partial charge in [0.25, 0.3) is 9.84 Å². The van der Waals surface area contributed by atoms with E-state index >= 15 is 0 Å². The summed E-state index contributed by atoms with van der Waals surface area (Å²) >= 11 is 0. The summed E-state index contributed by atoms with van der Waals surface area (Å²) < 4.78 is 80.6. The topological polar surface area (TPSA) is 46.6 Å². The summed E-state index contributed by atoms with van der Waals surface area (Å²) in [7, 11) is -4.18. The molecule has 130 valence electrons. The second-order valence-electron chi connectivity index (χ2n) is 5.43. The van der Waals surface area contributed by atoms with Gasteiger partial charge >= 0.3 is 5.51 Å². The van der Waals surface area contributed by atoms with Gasteiger partial charge in [0.05, 0.1) is 11.8 Å². The largest absolute Gasteiger partial charge is 0.501 e. The lowest BCUT2D eigenvalue weighted by Gasteiger charge is -2.29. The van der Waals surface area contributed by atoms with Gasteiger partial charge in [-0.3, -0.25) is 0 Å². The summed E-state index contributed by atoms with van der Waals surface area (Å²) in [6, 6.07) is 2.37. The maximum absolute atomic E-state index is 13.3. The van der Waals surface area contributed by atoms with Crippen LogP contribution < -0.4 is 4.90 Å². The summed E-state index contributed by atoms with van der Waals surface area (Å²) in [5.41, 5.74) is -5.68. The van der Waals surface area contributed by atoms with Crippen LogP contribution in [0.3, 0.4) is 0 Å². The maximum atomic E-state index is 13.3. The minimum absolute atomic E-state index is 0.194. The fourth-order valence-electron chi connectivity index (χ4n) is 2.50. The molecule has 1 aliphatic heterocycles. The first-order valence-electron chi connectivity index (χ1n) is 7.06. The van der Waals surface area contributed by atoms with Crippen molar-refractivity contribution in [2.75, 3.05) is 25.1 Å². The number of benzene rings is 1. The molecule has 1 heterocycles. The van der Waals surface area contributed by atoms with Gasteiger partial charge in [-0.15, -0.1) is 0 Å². The van der Waals surface area contributed by atoms with Gasteiger partial charge in [-0.05, 0) is 37.5 Å². The molecule has 0 aliphatic carbocycles. The lowest BCUT2D eigenvalue weighted by Crippen LogP contribution is -2.35. The minimum atomic E-state index is -5.64. The van der Waals surface area contributed by atoms with Crippen LogP contribution >= 0.6 is 0 Å². The molecular formula is C14H17F4NO3S. The van der Waals surface area contributed by atoms with Gasteiger partial charge in [-0.1, -0.05) is 0 Å². The summed E-state index contributed by atoms with van der Waals surface area (Å²) in [6.45, 7) is 0.793. The number of ether oxygens (including phenoxy) is 1. The molecule has 9 heteroatoms. The Morgan fingerprint density at radius 1 is 1.30 bits per heavy atom. The van der Waals surface area contributed by atoms with Crippen molar-refractivity contribution < 1.29 is 30.7 Å². The van der Waals surface area contributed by atoms with Crippen LogP contribution in [0.1, 0.15) is 19.3 Å². The van der Waals surface area contributed by atoms with Crippen molar-refractivity contribution in [1.82, 2.24) is 0 Å². The molecule has 0 radical (unpaired) electrons. The standard InChI is InChI=1S/C14H17F4NO3S/c1-19(9-11-4-2-3-7-22-11)12-6-5-10(15)8-13(12)23(20,21)14(16,17)18/h5-6,8,11H,2-4,7,9H2,1H3. The number of anilines is 1. The van der Waals surface area contributed by atoms with E-state index in [4.69, 9.17) is 4.74 Å². The average molecular weight is 355 g/mol. The molecule has 23 heavy (non-hydrogen) atoms. The molecule has 0 bridgehead atoms. The second-order valence-corrected chi connectivity index (χ2v) is 7.34. The average Bonchev–Trinajstić information content (AvgIpc) is 2.46. The lowest BCUT2D eigenvalue weighted by molar-refractivity contribution is -0.0435. The third-order valence-corrected chi connectivity index (χ3v) is 5.19. The molecule has 1 atom stereocenters. The molecule has 0 aromatic heterocycles. The van der Waals surface area contributed by atoms with Crippen LogP contribution in [0.5, 0.6) is 0 Å². The Labute approximate surface area is 132 Å². The smallest absolute Gasteiger partial charge is 0.376 e. The molecule has 0 amide bonds. The Morgan fingerprint density at radius 2 is 2.00 bits per heavy atom. The SMILES string of the molecule is CN(CC1CCCCO1)c1ccc(F)cc1S(=O)(=O)C(F)(F)F. The van der Waals surface area contributed by atoms with E-state index in [1.54, 1.807) is 0 Å². The van der Waals surface area contributed by atoms with Crippen LogP contribution in [0.4, 0.5) is 23.2 Å². The predicted molar refractivity (Wildman–Crippen MR) is 76.5 cm³/mol. The summed E-state index contributed by atoms with van der Waals surface area (Å²) in [4.78, 5) is 0.275. The summed E-state index contributed by atoms with van der Waals surface area (Å²) in [5, 5.41) is 0. The zero-order valence-corrected chi connectivity index (χ0v) is 13.3. The molecular weight excluding hydrogens is 338 g/mol. The van der Waals surface area contributed by atoms with E-state index in [1.807, 2.05) is 0 Å². The first kappa shape index (κ1) is 18.0. The molecule has 1 unspecified atom stereocenters. The zero-order chi connectivity index (χ0) is 17.3. The first-order valence-corrected chi connectivity index (χ1v) is 8.55. The van der Waals surface area contributed by atoms with Gasteiger partial charge in [0, 0.05) is 20.2 Å². The van der Waals surface area contributed by atoms with Gasteiger partial charge in [-0.2, -0.15) is 13.2 Å². The van der Waals surface area contributed by atoms with Crippen LogP contribution in [0.2, 0.25) is 0 Å². The third-order valence-electron chi connectivity index (χ3n) is 3.68. The fraction of sp³-hybridized carbons (Fsp3) is 0.571. The van der Waals surface area contributed by atoms with E-state index in [9.17, 15) is 26.0 Å². The zero-order valence-electron chi connectivity index (χ0n) is 12.4. The van der Waals surface area contributed by atoms with E-state index in [1.165, 1.54) is 11.9 Å². The Morgan fingerprint density at radius 3 is 2.57 bits per heavy atom. The molecule has 0 N–H and O–H groups in total. The van der Waals surface area contributed by atoms with Gasteiger partial charge in [0.2, 0.25) is 0 Å². The van der Waals surface area contributed by atoms with Crippen molar-refractivity contribution in [2.24, 2.45) is 0 Å². The van der Waals surface area contributed by atoms with Crippen molar-refractivity contribution in [3.05, 3.63) is 24.0 Å². The number of hydrogen-bond acceptors (Lipinski definition) is 4. The van der Waals surface area contributed by atoms with E-state index in [0.717, 1.165) is 31.4 Å². The Kier molecular flexibility index (Phi) is 5.20. The molecule has 1 aromatic rings. The number of halogens is 4. The Hall–Kier alpha value is -1.35. The van der Waals surface area contributed by atoms with Crippen molar-refractivity contribution in [2.45, 2.75) is 35.8 Å². The number of sulfone groups is 1. The van der Waals surface area contributed by atoms with E-state index in [0.29, 0.717) is 12.7 Å². The number of nitrogens with zero attached hydrogens (tertiary/aromatic N) is 1. The van der Waals surface area contributed by atoms with Gasteiger partial charge in [0.1, 0.15) is 10.7 Å². The Balaban J connectivity index is 2.35. The van der Waals surface area contributed by atoms with Crippen molar-refractivity contribution in [1.29, 1.82) is 0 Å². The summed E-state index contributed by atoms with van der Waals surface area (Å²) in [6.07, 6.45) is 2.41. The molecule has 1 aromatic carbocycles. The predicted octanol–water partition coefficient (Wildman–Crippen LogP) is 3.12. The number of rotatable bonds is 4. The molecule has 0 saturated carbocycles. The molecule has 4 nitrogen and oxygen atoms in total. The highest BCUT2D eigenvalue weighted by molar-refractivity contribution is 7.92. The molecule has 1 aliphatic rings. The highest BCUT2D eigenvalue weighted by atomic mass is 32.2. The van der Waals surface area contributed by atoms with Crippen molar-refractivity contribution >= 4 is 15.5 Å². The Bertz CT molecular complexity index is 654. The molecule has 1 saturated heterocycles. The number of hydrogen-bond donors (Lipinski definition) is 0. The van der Waals surface area contributed by atoms with Gasteiger partial charge in [0.15, 0.2) is 0 Å². The highest BCUT2D eigenvalue weighted by Gasteiger charge is 2.48. The van der Waals surface area contributed by atoms with Gasteiger partial charge in [-0.25, -0.2) is 12.8 Å². The summed E-state index contributed by atoms with van der Waals surface area (Å²) in [5.74, 6) is -1.04. The van der Waals surface area contributed by atoms with Crippen molar-refractivity contribution in [3.8, 4) is 0 Å². The van der Waals surface area contributed by atoms with Crippen LogP contribution in [-0.2, 0) is 14.6 Å². The van der Waals surface area contributed by atoms with E-state index in [-0.39, 0.29) is 18.3 Å². The molecule has 2 rings (SSSR count). The van der Waals surface area contributed by atoms with Crippen LogP contribution in [0.25, 0.3) is 0 Å². The monoisotopic (exact) mass is 355 g/mol. The van der Waals surface area contributed by atoms with Crippen molar-refractivity contribution in [3.63, 3.8) is 0 Å². The third kappa shape index (κ3) is 3.95. The minimum Gasteiger partial charge on any atom is -0.376 e. The first-order chi connectivity index (χ1) is 10.6. The number of alkyl halides is 3. The quantitative estimate of drug-likeness (QED) is 0.779. The maximum Gasteiger partial charge on any atom is 0.501 e.